The third-order valence-corrected chi connectivity index (χ3v) is 6.63. The number of rotatable bonds is 4. The molecule has 2 aromatic carbocycles. The van der Waals surface area contributed by atoms with Crippen LogP contribution >= 0.6 is 0 Å². The zero-order chi connectivity index (χ0) is 19.5. The third-order valence-electron chi connectivity index (χ3n) is 6.63. The maximum Gasteiger partial charge on any atom is 0.343 e. The molecule has 28 heavy (non-hydrogen) atoms. The number of halogens is 1. The van der Waals surface area contributed by atoms with E-state index in [0.717, 1.165) is 11.8 Å². The van der Waals surface area contributed by atoms with E-state index < -0.39 is 5.97 Å². The van der Waals surface area contributed by atoms with Gasteiger partial charge in [-0.3, -0.25) is 0 Å². The first kappa shape index (κ1) is 18.9. The SMILES string of the molecule is C=CC1CCC2CC(c3ccc(C(=O)Oc4ccc(F)cc4)cc3)CCC2C1. The number of carbonyl (C=O) groups is 1. The van der Waals surface area contributed by atoms with Crippen LogP contribution in [-0.4, -0.2) is 5.97 Å². The Morgan fingerprint density at radius 1 is 0.929 bits per heavy atom. The lowest BCUT2D eigenvalue weighted by atomic mass is 9.64. The number of benzene rings is 2. The van der Waals surface area contributed by atoms with E-state index in [0.29, 0.717) is 23.1 Å². The van der Waals surface area contributed by atoms with Crippen molar-refractivity contribution >= 4 is 5.97 Å². The smallest absolute Gasteiger partial charge is 0.343 e. The van der Waals surface area contributed by atoms with Crippen LogP contribution < -0.4 is 4.74 Å². The molecule has 0 saturated heterocycles. The fourth-order valence-corrected chi connectivity index (χ4v) is 5.00. The van der Waals surface area contributed by atoms with E-state index in [2.05, 4.69) is 24.8 Å². The van der Waals surface area contributed by atoms with Crippen LogP contribution in [-0.2, 0) is 0 Å². The number of hydrogen-bond donors (Lipinski definition) is 0. The van der Waals surface area contributed by atoms with Gasteiger partial charge in [0, 0.05) is 0 Å². The molecule has 0 radical (unpaired) electrons. The maximum absolute atomic E-state index is 13.0. The molecular weight excluding hydrogens is 351 g/mol. The normalized spacial score (nSPS) is 26.9. The highest BCUT2D eigenvalue weighted by Crippen LogP contribution is 2.47. The van der Waals surface area contributed by atoms with Crippen molar-refractivity contribution in [2.45, 2.75) is 44.4 Å². The minimum atomic E-state index is -0.412. The number of allylic oxidation sites excluding steroid dienone is 1. The second kappa shape index (κ2) is 8.30. The van der Waals surface area contributed by atoms with Crippen molar-refractivity contribution in [2.24, 2.45) is 17.8 Å². The number of fused-ring (bicyclic) bond motifs is 1. The number of ether oxygens (including phenoxy) is 1. The van der Waals surface area contributed by atoms with Gasteiger partial charge >= 0.3 is 5.97 Å². The Balaban J connectivity index is 1.37. The summed E-state index contributed by atoms with van der Waals surface area (Å²) in [5.74, 6) is 2.58. The van der Waals surface area contributed by atoms with Gasteiger partial charge in [-0.1, -0.05) is 18.2 Å². The van der Waals surface area contributed by atoms with Gasteiger partial charge in [-0.05, 0) is 104 Å². The monoisotopic (exact) mass is 378 g/mol. The summed E-state index contributed by atoms with van der Waals surface area (Å²) in [5, 5.41) is 0. The van der Waals surface area contributed by atoms with Crippen LogP contribution in [0, 0.1) is 23.6 Å². The van der Waals surface area contributed by atoms with Crippen molar-refractivity contribution in [3.8, 4) is 5.75 Å². The van der Waals surface area contributed by atoms with Gasteiger partial charge in [0.15, 0.2) is 0 Å². The standard InChI is InChI=1S/C25H27FO2/c1-2-17-3-4-22-16-21(10-9-20(22)15-17)18-5-7-19(8-6-18)25(27)28-24-13-11-23(26)12-14-24/h2,5-8,11-14,17,20-22H,1,3-4,9-10,15-16H2. The second-order valence-corrected chi connectivity index (χ2v) is 8.30. The molecule has 4 unspecified atom stereocenters. The van der Waals surface area contributed by atoms with Crippen LogP contribution in [0.25, 0.3) is 0 Å². The van der Waals surface area contributed by atoms with E-state index in [1.165, 1.54) is 68.4 Å². The van der Waals surface area contributed by atoms with E-state index in [4.69, 9.17) is 4.74 Å². The lowest BCUT2D eigenvalue weighted by molar-refractivity contribution is 0.0734. The van der Waals surface area contributed by atoms with Crippen LogP contribution in [0.2, 0.25) is 0 Å². The van der Waals surface area contributed by atoms with Crippen molar-refractivity contribution in [2.75, 3.05) is 0 Å². The summed E-state index contributed by atoms with van der Waals surface area (Å²) in [4.78, 5) is 12.3. The Bertz CT molecular complexity index is 825. The van der Waals surface area contributed by atoms with Gasteiger partial charge < -0.3 is 4.74 Å². The van der Waals surface area contributed by atoms with Crippen LogP contribution in [0.1, 0.15) is 60.4 Å². The number of hydrogen-bond acceptors (Lipinski definition) is 2. The van der Waals surface area contributed by atoms with Gasteiger partial charge in [-0.15, -0.1) is 6.58 Å². The molecular formula is C25H27FO2. The number of carbonyl (C=O) groups excluding carboxylic acids is 1. The minimum absolute atomic E-state index is 0.350. The molecule has 0 bridgehead atoms. The minimum Gasteiger partial charge on any atom is -0.423 e. The highest BCUT2D eigenvalue weighted by Gasteiger charge is 2.35. The maximum atomic E-state index is 13.0. The van der Waals surface area contributed by atoms with Gasteiger partial charge in [0.2, 0.25) is 0 Å². The summed E-state index contributed by atoms with van der Waals surface area (Å²) in [6.07, 6.45) is 9.85. The lowest BCUT2D eigenvalue weighted by Crippen LogP contribution is -2.29. The zero-order valence-electron chi connectivity index (χ0n) is 16.1. The van der Waals surface area contributed by atoms with E-state index in [1.807, 2.05) is 12.1 Å². The molecule has 0 N–H and O–H groups in total. The molecule has 4 rings (SSSR count). The first-order valence-corrected chi connectivity index (χ1v) is 10.3. The molecule has 146 valence electrons. The van der Waals surface area contributed by atoms with Gasteiger partial charge in [-0.2, -0.15) is 0 Å². The predicted octanol–water partition coefficient (Wildman–Crippen LogP) is 6.53. The molecule has 0 heterocycles. The Morgan fingerprint density at radius 2 is 1.61 bits per heavy atom. The topological polar surface area (TPSA) is 26.3 Å². The number of esters is 1. The summed E-state index contributed by atoms with van der Waals surface area (Å²) in [7, 11) is 0. The quantitative estimate of drug-likeness (QED) is 0.343. The van der Waals surface area contributed by atoms with Gasteiger partial charge in [0.1, 0.15) is 11.6 Å². The molecule has 2 saturated carbocycles. The van der Waals surface area contributed by atoms with Gasteiger partial charge in [0.05, 0.1) is 5.56 Å². The predicted molar refractivity (Wildman–Crippen MR) is 109 cm³/mol. The molecule has 0 spiro atoms. The Labute approximate surface area is 166 Å². The van der Waals surface area contributed by atoms with Crippen LogP contribution in [0.3, 0.4) is 0 Å². The van der Waals surface area contributed by atoms with E-state index in [9.17, 15) is 9.18 Å². The lowest BCUT2D eigenvalue weighted by Gasteiger charge is -2.41. The van der Waals surface area contributed by atoms with Crippen molar-refractivity contribution in [3.05, 3.63) is 78.1 Å². The van der Waals surface area contributed by atoms with E-state index >= 15 is 0 Å². The average Bonchev–Trinajstić information content (AvgIpc) is 2.74. The Morgan fingerprint density at radius 3 is 2.32 bits per heavy atom. The highest BCUT2D eigenvalue weighted by molar-refractivity contribution is 5.91. The zero-order valence-corrected chi connectivity index (χ0v) is 16.1. The van der Waals surface area contributed by atoms with Crippen molar-refractivity contribution < 1.29 is 13.9 Å². The summed E-state index contributed by atoms with van der Waals surface area (Å²) in [6, 6.07) is 13.3. The average molecular weight is 378 g/mol. The molecule has 0 amide bonds. The molecule has 4 atom stereocenters. The highest BCUT2D eigenvalue weighted by atomic mass is 19.1. The molecule has 2 fully saturated rings. The first-order valence-electron chi connectivity index (χ1n) is 10.3. The summed E-state index contributed by atoms with van der Waals surface area (Å²) in [5.41, 5.74) is 1.84. The molecule has 2 nitrogen and oxygen atoms in total. The second-order valence-electron chi connectivity index (χ2n) is 8.30. The largest absolute Gasteiger partial charge is 0.423 e. The van der Waals surface area contributed by atoms with Crippen molar-refractivity contribution in [3.63, 3.8) is 0 Å². The fraction of sp³-hybridized carbons (Fsp3) is 0.400. The molecule has 0 aliphatic heterocycles. The van der Waals surface area contributed by atoms with Crippen molar-refractivity contribution in [1.29, 1.82) is 0 Å². The molecule has 2 aliphatic rings. The summed E-state index contributed by atoms with van der Waals surface area (Å²) in [6.45, 7) is 3.98. The van der Waals surface area contributed by atoms with Crippen LogP contribution in [0.5, 0.6) is 5.75 Å². The third kappa shape index (κ3) is 4.19. The van der Waals surface area contributed by atoms with Gasteiger partial charge in [-0.25, -0.2) is 9.18 Å². The molecule has 2 aromatic rings. The first-order chi connectivity index (χ1) is 13.6. The van der Waals surface area contributed by atoms with E-state index in [-0.39, 0.29) is 5.82 Å². The fourth-order valence-electron chi connectivity index (χ4n) is 5.00. The van der Waals surface area contributed by atoms with E-state index in [1.54, 1.807) is 0 Å². The summed E-state index contributed by atoms with van der Waals surface area (Å²) < 4.78 is 18.3. The van der Waals surface area contributed by atoms with Crippen LogP contribution in [0.15, 0.2) is 61.2 Å². The van der Waals surface area contributed by atoms with Crippen LogP contribution in [0.4, 0.5) is 4.39 Å². The Hall–Kier alpha value is -2.42. The molecule has 3 heteroatoms. The van der Waals surface area contributed by atoms with Gasteiger partial charge in [0.25, 0.3) is 0 Å². The molecule has 2 aliphatic carbocycles. The molecule has 0 aromatic heterocycles. The summed E-state index contributed by atoms with van der Waals surface area (Å²) >= 11 is 0. The Kier molecular flexibility index (Phi) is 5.61. The van der Waals surface area contributed by atoms with Crippen molar-refractivity contribution in [1.82, 2.24) is 0 Å².